The average Bonchev–Trinajstić information content (AvgIpc) is 3.59. The second kappa shape index (κ2) is 10.2. The van der Waals surface area contributed by atoms with E-state index in [9.17, 15) is 4.79 Å². The molecule has 7 heteroatoms. The van der Waals surface area contributed by atoms with E-state index in [4.69, 9.17) is 9.47 Å². The molecule has 1 aliphatic heterocycles. The second-order valence-corrected chi connectivity index (χ2v) is 9.10. The number of amides is 1. The largest absolute Gasteiger partial charge is 0.493 e. The van der Waals surface area contributed by atoms with Crippen LogP contribution in [0.15, 0.2) is 61.1 Å². The highest BCUT2D eigenvalue weighted by Crippen LogP contribution is 2.36. The van der Waals surface area contributed by atoms with Gasteiger partial charge in [-0.05, 0) is 49.8 Å². The summed E-state index contributed by atoms with van der Waals surface area (Å²) in [6.45, 7) is 2.12. The number of ether oxygens (including phenoxy) is 2. The number of hydrogen-bond donors (Lipinski definition) is 1. The topological polar surface area (TPSA) is 70.7 Å². The number of anilines is 1. The first-order valence-corrected chi connectivity index (χ1v) is 12.1. The van der Waals surface area contributed by atoms with Gasteiger partial charge in [-0.3, -0.25) is 4.79 Å². The van der Waals surface area contributed by atoms with Crippen molar-refractivity contribution in [1.29, 1.82) is 0 Å². The lowest BCUT2D eigenvalue weighted by molar-refractivity contribution is 0.0650. The Balaban J connectivity index is 1.38. The quantitative estimate of drug-likeness (QED) is 0.569. The molecule has 34 heavy (non-hydrogen) atoms. The van der Waals surface area contributed by atoms with Crippen molar-refractivity contribution < 1.29 is 14.3 Å². The van der Waals surface area contributed by atoms with E-state index < -0.39 is 0 Å². The highest BCUT2D eigenvalue weighted by Gasteiger charge is 2.32. The number of imidazole rings is 1. The Hall–Kier alpha value is -3.48. The summed E-state index contributed by atoms with van der Waals surface area (Å²) < 4.78 is 11.9. The van der Waals surface area contributed by atoms with Crippen LogP contribution in [-0.4, -0.2) is 59.7 Å². The SMILES string of the molecule is COc1ccc(N2CCN(C(=O)c3c[nH]cn3)C(Cc3ccccc3)C2)cc1OC1CCCC1. The molecule has 2 aliphatic rings. The van der Waals surface area contributed by atoms with Crippen LogP contribution in [0.4, 0.5) is 5.69 Å². The number of benzene rings is 2. The molecule has 2 aromatic carbocycles. The Morgan fingerprint density at radius 3 is 2.65 bits per heavy atom. The summed E-state index contributed by atoms with van der Waals surface area (Å²) in [5.74, 6) is 1.55. The minimum Gasteiger partial charge on any atom is -0.493 e. The summed E-state index contributed by atoms with van der Waals surface area (Å²) in [6, 6.07) is 16.6. The van der Waals surface area contributed by atoms with Crippen LogP contribution in [0.25, 0.3) is 0 Å². The molecule has 1 saturated carbocycles. The number of aromatic nitrogens is 2. The lowest BCUT2D eigenvalue weighted by Crippen LogP contribution is -2.56. The normalized spacial score (nSPS) is 18.8. The van der Waals surface area contributed by atoms with Crippen molar-refractivity contribution in [2.45, 2.75) is 44.2 Å². The fourth-order valence-corrected chi connectivity index (χ4v) is 5.08. The molecule has 0 bridgehead atoms. The van der Waals surface area contributed by atoms with Gasteiger partial charge in [0, 0.05) is 37.6 Å². The molecule has 1 atom stereocenters. The van der Waals surface area contributed by atoms with Gasteiger partial charge >= 0.3 is 0 Å². The van der Waals surface area contributed by atoms with Gasteiger partial charge in [-0.1, -0.05) is 30.3 Å². The molecule has 1 N–H and O–H groups in total. The number of aromatic amines is 1. The first-order chi connectivity index (χ1) is 16.7. The van der Waals surface area contributed by atoms with Gasteiger partial charge in [-0.15, -0.1) is 0 Å². The third-order valence-electron chi connectivity index (χ3n) is 6.88. The van der Waals surface area contributed by atoms with Crippen molar-refractivity contribution in [3.8, 4) is 11.5 Å². The minimum absolute atomic E-state index is 0.0261. The van der Waals surface area contributed by atoms with E-state index in [1.807, 2.05) is 29.2 Å². The zero-order chi connectivity index (χ0) is 23.3. The van der Waals surface area contributed by atoms with Crippen LogP contribution < -0.4 is 14.4 Å². The molecule has 2 fully saturated rings. The van der Waals surface area contributed by atoms with Gasteiger partial charge in [0.2, 0.25) is 0 Å². The van der Waals surface area contributed by atoms with Crippen LogP contribution in [0, 0.1) is 0 Å². The first-order valence-electron chi connectivity index (χ1n) is 12.1. The van der Waals surface area contributed by atoms with Crippen molar-refractivity contribution >= 4 is 11.6 Å². The molecule has 3 aromatic rings. The Labute approximate surface area is 200 Å². The molecule has 1 aromatic heterocycles. The summed E-state index contributed by atoms with van der Waals surface area (Å²) in [6.07, 6.45) is 8.91. The third kappa shape index (κ3) is 4.88. The maximum Gasteiger partial charge on any atom is 0.274 e. The maximum absolute atomic E-state index is 13.2. The van der Waals surface area contributed by atoms with E-state index in [-0.39, 0.29) is 18.1 Å². The smallest absolute Gasteiger partial charge is 0.274 e. The van der Waals surface area contributed by atoms with Crippen molar-refractivity contribution in [3.63, 3.8) is 0 Å². The van der Waals surface area contributed by atoms with E-state index in [1.54, 1.807) is 19.6 Å². The fourth-order valence-electron chi connectivity index (χ4n) is 5.08. The number of carbonyl (C=O) groups excluding carboxylic acids is 1. The van der Waals surface area contributed by atoms with Crippen LogP contribution >= 0.6 is 0 Å². The monoisotopic (exact) mass is 460 g/mol. The maximum atomic E-state index is 13.2. The first kappa shape index (κ1) is 22.3. The van der Waals surface area contributed by atoms with Crippen molar-refractivity contribution in [2.24, 2.45) is 0 Å². The van der Waals surface area contributed by atoms with Crippen LogP contribution in [-0.2, 0) is 6.42 Å². The van der Waals surface area contributed by atoms with Crippen LogP contribution in [0.5, 0.6) is 11.5 Å². The lowest BCUT2D eigenvalue weighted by Gasteiger charge is -2.42. The third-order valence-corrected chi connectivity index (χ3v) is 6.88. The van der Waals surface area contributed by atoms with E-state index in [2.05, 4.69) is 39.1 Å². The molecular weight excluding hydrogens is 428 g/mol. The molecule has 178 valence electrons. The molecular formula is C27H32N4O3. The van der Waals surface area contributed by atoms with Gasteiger partial charge < -0.3 is 24.3 Å². The molecule has 7 nitrogen and oxygen atoms in total. The molecule has 2 heterocycles. The predicted octanol–water partition coefficient (Wildman–Crippen LogP) is 4.31. The van der Waals surface area contributed by atoms with Crippen molar-refractivity contribution in [2.75, 3.05) is 31.6 Å². The Bertz CT molecular complexity index is 1080. The Morgan fingerprint density at radius 2 is 1.91 bits per heavy atom. The van der Waals surface area contributed by atoms with Crippen molar-refractivity contribution in [1.82, 2.24) is 14.9 Å². The number of nitrogens with one attached hydrogen (secondary N) is 1. The molecule has 1 amide bonds. The highest BCUT2D eigenvalue weighted by molar-refractivity contribution is 5.92. The van der Waals surface area contributed by atoms with Gasteiger partial charge in [-0.2, -0.15) is 0 Å². The molecule has 0 radical (unpaired) electrons. The summed E-state index contributed by atoms with van der Waals surface area (Å²) in [5.41, 5.74) is 2.77. The summed E-state index contributed by atoms with van der Waals surface area (Å²) in [4.78, 5) is 24.6. The van der Waals surface area contributed by atoms with Gasteiger partial charge in [0.1, 0.15) is 5.69 Å². The zero-order valence-electron chi connectivity index (χ0n) is 19.7. The van der Waals surface area contributed by atoms with Crippen LogP contribution in [0.2, 0.25) is 0 Å². The van der Waals surface area contributed by atoms with Gasteiger partial charge in [0.15, 0.2) is 11.5 Å². The van der Waals surface area contributed by atoms with Crippen molar-refractivity contribution in [3.05, 3.63) is 72.3 Å². The lowest BCUT2D eigenvalue weighted by atomic mass is 10.0. The number of piperazine rings is 1. The zero-order valence-corrected chi connectivity index (χ0v) is 19.7. The summed E-state index contributed by atoms with van der Waals surface area (Å²) >= 11 is 0. The van der Waals surface area contributed by atoms with E-state index in [0.717, 1.165) is 49.5 Å². The standard InChI is InChI=1S/C27H32N4O3/c1-33-25-12-11-21(16-26(25)34-23-9-5-6-10-23)30-13-14-31(27(32)24-17-28-19-29-24)22(18-30)15-20-7-3-2-4-8-20/h2-4,7-8,11-12,16-17,19,22-23H,5-6,9-10,13-15,18H2,1H3,(H,28,29). The Morgan fingerprint density at radius 1 is 1.09 bits per heavy atom. The van der Waals surface area contributed by atoms with E-state index in [0.29, 0.717) is 12.2 Å². The number of carbonyl (C=O) groups is 1. The highest BCUT2D eigenvalue weighted by atomic mass is 16.5. The number of H-pyrrole nitrogens is 1. The van der Waals surface area contributed by atoms with Crippen LogP contribution in [0.1, 0.15) is 41.7 Å². The molecule has 1 unspecified atom stereocenters. The predicted molar refractivity (Wildman–Crippen MR) is 132 cm³/mol. The number of hydrogen-bond acceptors (Lipinski definition) is 5. The average molecular weight is 461 g/mol. The van der Waals surface area contributed by atoms with Crippen LogP contribution in [0.3, 0.4) is 0 Å². The molecule has 1 aliphatic carbocycles. The second-order valence-electron chi connectivity index (χ2n) is 9.10. The fraction of sp³-hybridized carbons (Fsp3) is 0.407. The summed E-state index contributed by atoms with van der Waals surface area (Å²) in [5, 5.41) is 0. The van der Waals surface area contributed by atoms with E-state index >= 15 is 0 Å². The van der Waals surface area contributed by atoms with Gasteiger partial charge in [0.05, 0.1) is 25.6 Å². The Kier molecular flexibility index (Phi) is 6.70. The number of rotatable bonds is 7. The van der Waals surface area contributed by atoms with Gasteiger partial charge in [0.25, 0.3) is 5.91 Å². The minimum atomic E-state index is -0.0261. The number of nitrogens with zero attached hydrogens (tertiary/aromatic N) is 3. The van der Waals surface area contributed by atoms with Gasteiger partial charge in [-0.25, -0.2) is 4.98 Å². The van der Waals surface area contributed by atoms with E-state index in [1.165, 1.54) is 18.4 Å². The molecule has 5 rings (SSSR count). The molecule has 1 saturated heterocycles. The number of methoxy groups -OCH3 is 1. The summed E-state index contributed by atoms with van der Waals surface area (Å²) in [7, 11) is 1.69. The molecule has 0 spiro atoms.